The van der Waals surface area contributed by atoms with Crippen LogP contribution in [0.1, 0.15) is 173 Å². The Labute approximate surface area is 304 Å². The summed E-state index contributed by atoms with van der Waals surface area (Å²) in [4.78, 5) is 33.1. The SMILES string of the molecule is CCCCC(CC)Cc1cc(-c2ccc3c(c2)C(=O)c2ccc(C(C)C)cc2C3=O)sc1-c1sc(C(C)(C)C)cc1CC(CC)CCCC. The summed E-state index contributed by atoms with van der Waals surface area (Å²) in [6, 6.07) is 16.7. The third kappa shape index (κ3) is 8.23. The summed E-state index contributed by atoms with van der Waals surface area (Å²) in [6.07, 6.45) is 12.2. The summed E-state index contributed by atoms with van der Waals surface area (Å²) in [6.45, 7) is 20.5. The maximum absolute atomic E-state index is 13.9. The summed E-state index contributed by atoms with van der Waals surface area (Å²) in [5, 5.41) is 0. The molecule has 2 nitrogen and oxygen atoms in total. The lowest BCUT2D eigenvalue weighted by atomic mass is 9.81. The summed E-state index contributed by atoms with van der Waals surface area (Å²) in [7, 11) is 0. The monoisotopic (exact) mass is 694 g/mol. The van der Waals surface area contributed by atoms with E-state index >= 15 is 0 Å². The molecule has 1 aliphatic carbocycles. The Hall–Kier alpha value is -2.82. The first-order chi connectivity index (χ1) is 23.4. The van der Waals surface area contributed by atoms with Gasteiger partial charge < -0.3 is 0 Å². The van der Waals surface area contributed by atoms with Crippen molar-refractivity contribution < 1.29 is 9.59 Å². The fraction of sp³-hybridized carbons (Fsp3) is 0.511. The molecule has 0 bridgehead atoms. The van der Waals surface area contributed by atoms with Gasteiger partial charge in [-0.2, -0.15) is 0 Å². The number of rotatable bonds is 15. The summed E-state index contributed by atoms with van der Waals surface area (Å²) in [5.41, 5.74) is 7.29. The average molecular weight is 695 g/mol. The van der Waals surface area contributed by atoms with E-state index < -0.39 is 0 Å². The molecule has 2 aromatic carbocycles. The van der Waals surface area contributed by atoms with Crippen LogP contribution < -0.4 is 0 Å². The minimum atomic E-state index is -0.0441. The van der Waals surface area contributed by atoms with Crippen LogP contribution in [0.5, 0.6) is 0 Å². The van der Waals surface area contributed by atoms with Crippen molar-refractivity contribution in [2.45, 2.75) is 138 Å². The highest BCUT2D eigenvalue weighted by molar-refractivity contribution is 7.24. The van der Waals surface area contributed by atoms with Gasteiger partial charge in [-0.3, -0.25) is 9.59 Å². The first-order valence-electron chi connectivity index (χ1n) is 19.0. The fourth-order valence-electron chi connectivity index (χ4n) is 7.25. The molecule has 0 N–H and O–H groups in total. The van der Waals surface area contributed by atoms with Crippen molar-refractivity contribution in [2.75, 3.05) is 0 Å². The molecule has 4 heteroatoms. The Bertz CT molecular complexity index is 1780. The van der Waals surface area contributed by atoms with Gasteiger partial charge >= 0.3 is 0 Å². The molecule has 0 spiro atoms. The summed E-state index contributed by atoms with van der Waals surface area (Å²) in [5.74, 6) is 1.55. The molecule has 2 heterocycles. The van der Waals surface area contributed by atoms with Crippen LogP contribution in [-0.4, -0.2) is 11.6 Å². The molecule has 0 radical (unpaired) electrons. The number of benzene rings is 2. The normalized spacial score (nSPS) is 14.3. The van der Waals surface area contributed by atoms with E-state index in [1.165, 1.54) is 82.0 Å². The van der Waals surface area contributed by atoms with Gasteiger partial charge in [-0.05, 0) is 88.6 Å². The van der Waals surface area contributed by atoms with E-state index in [-0.39, 0.29) is 17.0 Å². The zero-order valence-electron chi connectivity index (χ0n) is 31.6. The highest BCUT2D eigenvalue weighted by atomic mass is 32.1. The van der Waals surface area contributed by atoms with E-state index in [2.05, 4.69) is 80.5 Å². The quantitative estimate of drug-likeness (QED) is 0.109. The second-order valence-electron chi connectivity index (χ2n) is 15.8. The van der Waals surface area contributed by atoms with Crippen LogP contribution in [0.4, 0.5) is 0 Å². The molecule has 0 aliphatic heterocycles. The molecule has 0 amide bonds. The van der Waals surface area contributed by atoms with Gasteiger partial charge in [-0.1, -0.05) is 132 Å². The number of hydrogen-bond acceptors (Lipinski definition) is 4. The Balaban J connectivity index is 1.61. The molecule has 262 valence electrons. The molecule has 2 atom stereocenters. The molecule has 4 aromatic rings. The largest absolute Gasteiger partial charge is 0.289 e. The molecule has 5 rings (SSSR count). The van der Waals surface area contributed by atoms with Gasteiger partial charge in [0, 0.05) is 41.8 Å². The molecule has 0 fully saturated rings. The Kier molecular flexibility index (Phi) is 12.2. The predicted molar refractivity (Wildman–Crippen MR) is 213 cm³/mol. The van der Waals surface area contributed by atoms with Gasteiger partial charge in [-0.15, -0.1) is 22.7 Å². The van der Waals surface area contributed by atoms with Crippen LogP contribution in [0.25, 0.3) is 20.2 Å². The lowest BCUT2D eigenvalue weighted by Gasteiger charge is -2.19. The number of carbonyl (C=O) groups is 2. The van der Waals surface area contributed by atoms with Gasteiger partial charge in [0.1, 0.15) is 0 Å². The maximum Gasteiger partial charge on any atom is 0.194 e. The number of fused-ring (bicyclic) bond motifs is 2. The van der Waals surface area contributed by atoms with E-state index in [0.717, 1.165) is 24.0 Å². The lowest BCUT2D eigenvalue weighted by molar-refractivity contribution is 0.0979. The molecule has 0 saturated heterocycles. The highest BCUT2D eigenvalue weighted by Gasteiger charge is 2.31. The van der Waals surface area contributed by atoms with Crippen LogP contribution in [0.3, 0.4) is 0 Å². The van der Waals surface area contributed by atoms with Crippen LogP contribution in [0, 0.1) is 11.8 Å². The van der Waals surface area contributed by atoms with E-state index in [0.29, 0.717) is 40.0 Å². The number of hydrogen-bond donors (Lipinski definition) is 0. The number of carbonyl (C=O) groups excluding carboxylic acids is 2. The molecule has 49 heavy (non-hydrogen) atoms. The molecular weight excluding hydrogens is 637 g/mol. The van der Waals surface area contributed by atoms with Crippen LogP contribution in [0.2, 0.25) is 0 Å². The van der Waals surface area contributed by atoms with Crippen LogP contribution >= 0.6 is 22.7 Å². The van der Waals surface area contributed by atoms with Crippen molar-refractivity contribution in [1.29, 1.82) is 0 Å². The number of thiophene rings is 2. The molecule has 0 saturated carbocycles. The zero-order valence-corrected chi connectivity index (χ0v) is 33.2. The average Bonchev–Trinajstić information content (AvgIpc) is 3.71. The van der Waals surface area contributed by atoms with Gasteiger partial charge in [0.2, 0.25) is 0 Å². The van der Waals surface area contributed by atoms with Crippen LogP contribution in [0.15, 0.2) is 48.5 Å². The van der Waals surface area contributed by atoms with E-state index in [1.54, 1.807) is 0 Å². The third-order valence-electron chi connectivity index (χ3n) is 10.7. The number of unbranched alkanes of at least 4 members (excludes halogenated alkanes) is 2. The Morgan fingerprint density at radius 3 is 1.69 bits per heavy atom. The fourth-order valence-corrected chi connectivity index (χ4v) is 9.88. The van der Waals surface area contributed by atoms with E-state index in [4.69, 9.17) is 0 Å². The standard InChI is InChI=1S/C45H58O2S2/c1-10-14-16-29(12-3)22-33-26-39(48-43(33)44-34(23-30(13-4)17-15-11-2)27-40(49-44)45(7,8)9)32-19-21-36-38(25-32)42(47)35-20-18-31(28(5)6)24-37(35)41(36)46/h18-21,24-30H,10-17,22-23H2,1-9H3. The van der Waals surface area contributed by atoms with E-state index in [9.17, 15) is 9.59 Å². The molecular formula is C45H58O2S2. The minimum absolute atomic E-state index is 0.0422. The first kappa shape index (κ1) is 37.4. The van der Waals surface area contributed by atoms with Gasteiger partial charge in [0.15, 0.2) is 11.6 Å². The van der Waals surface area contributed by atoms with Crippen LogP contribution in [-0.2, 0) is 18.3 Å². The zero-order chi connectivity index (χ0) is 35.5. The highest BCUT2D eigenvalue weighted by Crippen LogP contribution is 2.47. The third-order valence-corrected chi connectivity index (χ3v) is 13.7. The summed E-state index contributed by atoms with van der Waals surface area (Å²) < 4.78 is 0. The molecule has 2 aromatic heterocycles. The van der Waals surface area contributed by atoms with Gasteiger partial charge in [0.05, 0.1) is 0 Å². The minimum Gasteiger partial charge on any atom is -0.289 e. The van der Waals surface area contributed by atoms with Crippen molar-refractivity contribution in [2.24, 2.45) is 11.8 Å². The van der Waals surface area contributed by atoms with Crippen molar-refractivity contribution in [3.63, 3.8) is 0 Å². The predicted octanol–water partition coefficient (Wildman–Crippen LogP) is 13.9. The smallest absolute Gasteiger partial charge is 0.194 e. The van der Waals surface area contributed by atoms with Crippen molar-refractivity contribution in [3.05, 3.63) is 92.4 Å². The molecule has 2 unspecified atom stereocenters. The number of ketones is 2. The van der Waals surface area contributed by atoms with Gasteiger partial charge in [-0.25, -0.2) is 0 Å². The van der Waals surface area contributed by atoms with E-state index in [1.807, 2.05) is 53.0 Å². The maximum atomic E-state index is 13.9. The Morgan fingerprint density at radius 2 is 1.16 bits per heavy atom. The topological polar surface area (TPSA) is 34.1 Å². The summed E-state index contributed by atoms with van der Waals surface area (Å²) >= 11 is 3.89. The lowest BCUT2D eigenvalue weighted by Crippen LogP contribution is -2.21. The van der Waals surface area contributed by atoms with Crippen molar-refractivity contribution in [1.82, 2.24) is 0 Å². The first-order valence-corrected chi connectivity index (χ1v) is 20.7. The van der Waals surface area contributed by atoms with Crippen molar-refractivity contribution >= 4 is 34.2 Å². The molecule has 1 aliphatic rings. The second kappa shape index (κ2) is 16.0. The van der Waals surface area contributed by atoms with Crippen molar-refractivity contribution in [3.8, 4) is 20.2 Å². The Morgan fingerprint density at radius 1 is 0.633 bits per heavy atom. The van der Waals surface area contributed by atoms with Gasteiger partial charge in [0.25, 0.3) is 0 Å². The second-order valence-corrected chi connectivity index (χ2v) is 17.9.